The molecule has 2 N–H and O–H groups in total. The van der Waals surface area contributed by atoms with Crippen molar-refractivity contribution in [1.29, 1.82) is 0 Å². The van der Waals surface area contributed by atoms with Gasteiger partial charge in [0.2, 0.25) is 5.91 Å². The Bertz CT molecular complexity index is 540. The molecule has 1 unspecified atom stereocenters. The molecule has 0 aliphatic heterocycles. The van der Waals surface area contributed by atoms with Crippen LogP contribution < -0.4 is 5.32 Å². The number of carboxylic acids is 1. The Kier molecular flexibility index (Phi) is 5.78. The predicted molar refractivity (Wildman–Crippen MR) is 81.9 cm³/mol. The number of halogens is 1. The summed E-state index contributed by atoms with van der Waals surface area (Å²) in [4.78, 5) is 23.2. The molecule has 0 aromatic heterocycles. The number of carbonyl (C=O) groups is 2. The number of nitrogens with one attached hydrogen (secondary N) is 1. The van der Waals surface area contributed by atoms with Crippen molar-refractivity contribution in [2.45, 2.75) is 38.5 Å². The molecule has 0 aliphatic rings. The van der Waals surface area contributed by atoms with Crippen LogP contribution in [0, 0.1) is 12.7 Å². The van der Waals surface area contributed by atoms with Gasteiger partial charge in [-0.05, 0) is 24.1 Å². The largest absolute Gasteiger partial charge is 0.479 e. The van der Waals surface area contributed by atoms with Gasteiger partial charge in [-0.1, -0.05) is 32.9 Å². The molecule has 4 nitrogen and oxygen atoms in total. The maximum atomic E-state index is 13.2. The Balaban J connectivity index is 2.81. The monoisotopic (exact) mass is 313 g/mol. The molecule has 0 spiro atoms. The first-order valence-corrected chi connectivity index (χ1v) is 7.51. The van der Waals surface area contributed by atoms with E-state index < -0.39 is 17.8 Å². The highest BCUT2D eigenvalue weighted by atomic mass is 32.2. The number of hydrogen-bond acceptors (Lipinski definition) is 3. The summed E-state index contributed by atoms with van der Waals surface area (Å²) in [6.45, 7) is 7.48. The van der Waals surface area contributed by atoms with E-state index in [-0.39, 0.29) is 16.4 Å². The number of hydrogen-bond donors (Lipinski definition) is 2. The van der Waals surface area contributed by atoms with Gasteiger partial charge < -0.3 is 10.4 Å². The van der Waals surface area contributed by atoms with Crippen LogP contribution in [0.15, 0.2) is 18.2 Å². The van der Waals surface area contributed by atoms with Gasteiger partial charge in [0.15, 0.2) is 6.04 Å². The Morgan fingerprint density at radius 3 is 2.48 bits per heavy atom. The maximum Gasteiger partial charge on any atom is 0.330 e. The lowest BCUT2D eigenvalue weighted by Gasteiger charge is -2.19. The fraction of sp³-hybridized carbons (Fsp3) is 0.467. The normalized spacial score (nSPS) is 12.8. The molecule has 116 valence electrons. The zero-order valence-electron chi connectivity index (χ0n) is 12.6. The number of aryl methyl sites for hydroxylation is 1. The highest BCUT2D eigenvalue weighted by Crippen LogP contribution is 2.23. The summed E-state index contributed by atoms with van der Waals surface area (Å²) in [5.74, 6) is -1.76. The van der Waals surface area contributed by atoms with E-state index in [0.717, 1.165) is 0 Å². The third-order valence-corrected chi connectivity index (χ3v) is 3.98. The van der Waals surface area contributed by atoms with Gasteiger partial charge >= 0.3 is 5.97 Å². The fourth-order valence-electron chi connectivity index (χ4n) is 1.62. The molecule has 0 radical (unpaired) electrons. The number of carbonyl (C=O) groups excluding carboxylic acids is 1. The molecule has 0 fully saturated rings. The molecule has 0 saturated heterocycles. The zero-order chi connectivity index (χ0) is 16.2. The van der Waals surface area contributed by atoms with E-state index in [1.54, 1.807) is 6.92 Å². The van der Waals surface area contributed by atoms with Gasteiger partial charge in [-0.2, -0.15) is 0 Å². The van der Waals surface area contributed by atoms with Crippen LogP contribution in [0.5, 0.6) is 0 Å². The third-order valence-electron chi connectivity index (χ3n) is 2.70. The third kappa shape index (κ3) is 5.75. The minimum Gasteiger partial charge on any atom is -0.479 e. The van der Waals surface area contributed by atoms with Crippen molar-refractivity contribution in [3.63, 3.8) is 0 Å². The molecule has 1 rings (SSSR count). The Morgan fingerprint density at radius 1 is 1.38 bits per heavy atom. The van der Waals surface area contributed by atoms with Gasteiger partial charge in [0.05, 0.1) is 5.75 Å². The first-order chi connectivity index (χ1) is 9.60. The summed E-state index contributed by atoms with van der Waals surface area (Å²) in [7, 11) is 0. The molecular formula is C15H20FNO3S. The van der Waals surface area contributed by atoms with E-state index in [2.05, 4.69) is 5.32 Å². The van der Waals surface area contributed by atoms with Crippen LogP contribution in [0.25, 0.3) is 0 Å². The van der Waals surface area contributed by atoms with Crippen LogP contribution in [-0.2, 0) is 9.59 Å². The van der Waals surface area contributed by atoms with Crippen LogP contribution in [0.2, 0.25) is 0 Å². The van der Waals surface area contributed by atoms with E-state index in [1.165, 1.54) is 30.0 Å². The molecule has 1 atom stereocenters. The lowest BCUT2D eigenvalue weighted by Crippen LogP contribution is -2.35. The summed E-state index contributed by atoms with van der Waals surface area (Å²) >= 11 is 1.43. The van der Waals surface area contributed by atoms with Crippen LogP contribution >= 0.6 is 11.8 Å². The Morgan fingerprint density at radius 2 is 2.00 bits per heavy atom. The second kappa shape index (κ2) is 6.93. The molecule has 1 amide bonds. The number of rotatable bonds is 5. The van der Waals surface area contributed by atoms with Crippen LogP contribution in [0.1, 0.15) is 37.9 Å². The molecule has 0 bridgehead atoms. The second-order valence-electron chi connectivity index (χ2n) is 5.75. The standard InChI is InChI=1S/C15H20FNO3S/c1-9-7-10(5-6-11(9)16)13(14(19)20)17-12(18)8-21-15(2,3)4/h5-7,13H,8H2,1-4H3,(H,17,18)(H,19,20). The van der Waals surface area contributed by atoms with Gasteiger partial charge in [0, 0.05) is 4.75 Å². The average Bonchev–Trinajstić information content (AvgIpc) is 2.36. The van der Waals surface area contributed by atoms with Crippen molar-refractivity contribution in [3.05, 3.63) is 35.1 Å². The van der Waals surface area contributed by atoms with Crippen molar-refractivity contribution in [2.24, 2.45) is 0 Å². The molecule has 1 aromatic carbocycles. The molecule has 6 heteroatoms. The Hall–Kier alpha value is -1.56. The average molecular weight is 313 g/mol. The van der Waals surface area contributed by atoms with Crippen LogP contribution in [-0.4, -0.2) is 27.5 Å². The molecule has 0 heterocycles. The molecule has 1 aromatic rings. The summed E-state index contributed by atoms with van der Waals surface area (Å²) in [6, 6.07) is 2.85. The quantitative estimate of drug-likeness (QED) is 0.877. The van der Waals surface area contributed by atoms with E-state index in [9.17, 15) is 19.1 Å². The zero-order valence-corrected chi connectivity index (χ0v) is 13.4. The maximum absolute atomic E-state index is 13.2. The molecule has 0 saturated carbocycles. The van der Waals surface area contributed by atoms with Crippen molar-refractivity contribution < 1.29 is 19.1 Å². The second-order valence-corrected chi connectivity index (χ2v) is 7.55. The topological polar surface area (TPSA) is 66.4 Å². The number of aliphatic carboxylic acids is 1. The number of carboxylic acid groups (broad SMARTS) is 1. The van der Waals surface area contributed by atoms with Gasteiger partial charge in [-0.3, -0.25) is 4.79 Å². The lowest BCUT2D eigenvalue weighted by molar-refractivity contribution is -0.141. The van der Waals surface area contributed by atoms with Gasteiger partial charge in [0.25, 0.3) is 0 Å². The predicted octanol–water partition coefficient (Wildman–Crippen LogP) is 2.91. The summed E-state index contributed by atoms with van der Waals surface area (Å²) in [5, 5.41) is 11.7. The van der Waals surface area contributed by atoms with Crippen molar-refractivity contribution >= 4 is 23.6 Å². The first-order valence-electron chi connectivity index (χ1n) is 6.52. The SMILES string of the molecule is Cc1cc(C(NC(=O)CSC(C)(C)C)C(=O)O)ccc1F. The van der Waals surface area contributed by atoms with Gasteiger partial charge in [-0.25, -0.2) is 9.18 Å². The van der Waals surface area contributed by atoms with Crippen LogP contribution in [0.3, 0.4) is 0 Å². The molecule has 0 aliphatic carbocycles. The van der Waals surface area contributed by atoms with E-state index in [1.807, 2.05) is 20.8 Å². The number of amides is 1. The van der Waals surface area contributed by atoms with Gasteiger partial charge in [0.1, 0.15) is 5.82 Å². The van der Waals surface area contributed by atoms with E-state index >= 15 is 0 Å². The Labute approximate surface area is 128 Å². The van der Waals surface area contributed by atoms with E-state index in [0.29, 0.717) is 11.1 Å². The molecule has 21 heavy (non-hydrogen) atoms. The lowest BCUT2D eigenvalue weighted by atomic mass is 10.0. The fourth-order valence-corrected chi connectivity index (χ4v) is 2.27. The highest BCUT2D eigenvalue weighted by Gasteiger charge is 2.23. The minimum atomic E-state index is -1.17. The smallest absolute Gasteiger partial charge is 0.330 e. The summed E-state index contributed by atoms with van der Waals surface area (Å²) in [5.41, 5.74) is 0.701. The first kappa shape index (κ1) is 17.5. The van der Waals surface area contributed by atoms with Crippen molar-refractivity contribution in [3.8, 4) is 0 Å². The van der Waals surface area contributed by atoms with Gasteiger partial charge in [-0.15, -0.1) is 11.8 Å². The number of benzene rings is 1. The molecular weight excluding hydrogens is 293 g/mol. The van der Waals surface area contributed by atoms with Crippen LogP contribution in [0.4, 0.5) is 4.39 Å². The van der Waals surface area contributed by atoms with Crippen molar-refractivity contribution in [2.75, 3.05) is 5.75 Å². The number of thioether (sulfide) groups is 1. The summed E-state index contributed by atoms with van der Waals surface area (Å²) < 4.78 is 13.2. The van der Waals surface area contributed by atoms with E-state index in [4.69, 9.17) is 0 Å². The highest BCUT2D eigenvalue weighted by molar-refractivity contribution is 8.01. The summed E-state index contributed by atoms with van der Waals surface area (Å²) in [6.07, 6.45) is 0. The minimum absolute atomic E-state index is 0.0808. The van der Waals surface area contributed by atoms with Crippen molar-refractivity contribution in [1.82, 2.24) is 5.32 Å².